The molecule has 0 unspecified atom stereocenters. The maximum atomic E-state index is 15.7. The highest BCUT2D eigenvalue weighted by Gasteiger charge is 2.51. The van der Waals surface area contributed by atoms with Crippen LogP contribution in [-0.2, 0) is 10.2 Å². The summed E-state index contributed by atoms with van der Waals surface area (Å²) in [4.78, 5) is 24.1. The second-order valence-corrected chi connectivity index (χ2v) is 9.42. The van der Waals surface area contributed by atoms with Crippen molar-refractivity contribution in [2.45, 2.75) is 50.0 Å². The van der Waals surface area contributed by atoms with Crippen LogP contribution in [0.3, 0.4) is 0 Å². The Bertz CT molecular complexity index is 1230. The Balaban J connectivity index is 1.59. The number of halogens is 2. The largest absolute Gasteiger partial charge is 0.481 e. The number of pyridine rings is 1. The molecule has 176 valence electrons. The van der Waals surface area contributed by atoms with Gasteiger partial charge in [-0.05, 0) is 56.4 Å². The van der Waals surface area contributed by atoms with Gasteiger partial charge in [0.15, 0.2) is 17.5 Å². The van der Waals surface area contributed by atoms with Crippen LogP contribution in [-0.4, -0.2) is 37.8 Å². The first-order chi connectivity index (χ1) is 16.2. The number of carboxylic acid groups (broad SMARTS) is 1. The molecule has 0 amide bonds. The Kier molecular flexibility index (Phi) is 5.19. The Morgan fingerprint density at radius 1 is 1.24 bits per heavy atom. The molecular formula is C23H23F2N7O2. The SMILES string of the molecule is N#CC1(c2nc(C(=N)c3cc(F)cnc3N)nc(N[C@H]3C4CCC(CC4)[C@@H]3C(=O)O)c2F)CC1. The van der Waals surface area contributed by atoms with E-state index < -0.39 is 35.0 Å². The third-order valence-corrected chi connectivity index (χ3v) is 7.45. The highest BCUT2D eigenvalue weighted by Crippen LogP contribution is 2.49. The molecule has 9 nitrogen and oxygen atoms in total. The summed E-state index contributed by atoms with van der Waals surface area (Å²) in [5.74, 6) is -3.75. The second-order valence-electron chi connectivity index (χ2n) is 9.42. The Hall–Kier alpha value is -3.68. The molecule has 0 spiro atoms. The molecule has 11 heteroatoms. The number of rotatable bonds is 6. The maximum absolute atomic E-state index is 15.7. The van der Waals surface area contributed by atoms with Gasteiger partial charge in [0.1, 0.15) is 28.5 Å². The number of nitrogens with zero attached hydrogens (tertiary/aromatic N) is 4. The first-order valence-electron chi connectivity index (χ1n) is 11.2. The van der Waals surface area contributed by atoms with Crippen molar-refractivity contribution in [3.63, 3.8) is 0 Å². The molecule has 4 fully saturated rings. The fraction of sp³-hybridized carbons (Fsp3) is 0.478. The number of anilines is 2. The van der Waals surface area contributed by atoms with E-state index in [1.165, 1.54) is 0 Å². The molecule has 34 heavy (non-hydrogen) atoms. The van der Waals surface area contributed by atoms with Crippen molar-refractivity contribution in [2.24, 2.45) is 17.8 Å². The zero-order valence-corrected chi connectivity index (χ0v) is 18.2. The van der Waals surface area contributed by atoms with E-state index in [0.717, 1.165) is 37.9 Å². The summed E-state index contributed by atoms with van der Waals surface area (Å²) in [5, 5.41) is 31.1. The summed E-state index contributed by atoms with van der Waals surface area (Å²) in [6, 6.07) is 2.58. The molecule has 2 aromatic heterocycles. The number of carboxylic acids is 1. The summed E-state index contributed by atoms with van der Waals surface area (Å²) in [7, 11) is 0. The van der Waals surface area contributed by atoms with Gasteiger partial charge in [0, 0.05) is 11.6 Å². The van der Waals surface area contributed by atoms with Crippen LogP contribution >= 0.6 is 0 Å². The van der Waals surface area contributed by atoms with E-state index in [2.05, 4.69) is 26.3 Å². The third kappa shape index (κ3) is 3.54. The van der Waals surface area contributed by atoms with Gasteiger partial charge in [0.25, 0.3) is 0 Å². The van der Waals surface area contributed by atoms with Crippen molar-refractivity contribution in [1.29, 1.82) is 10.7 Å². The van der Waals surface area contributed by atoms with Gasteiger partial charge in [0.2, 0.25) is 0 Å². The number of nitrogen functional groups attached to an aromatic ring is 1. The Labute approximate surface area is 193 Å². The topological polar surface area (TPSA) is 162 Å². The summed E-state index contributed by atoms with van der Waals surface area (Å²) < 4.78 is 29.4. The molecule has 6 rings (SSSR count). The zero-order valence-electron chi connectivity index (χ0n) is 18.2. The van der Waals surface area contributed by atoms with Gasteiger partial charge in [0.05, 0.1) is 18.2 Å². The Morgan fingerprint density at radius 3 is 2.53 bits per heavy atom. The van der Waals surface area contributed by atoms with Crippen molar-refractivity contribution >= 4 is 23.3 Å². The van der Waals surface area contributed by atoms with Gasteiger partial charge in [-0.2, -0.15) is 5.26 Å². The lowest BCUT2D eigenvalue weighted by molar-refractivity contribution is -0.148. The lowest BCUT2D eigenvalue weighted by atomic mass is 9.61. The van der Waals surface area contributed by atoms with Crippen LogP contribution in [0.4, 0.5) is 20.4 Å². The van der Waals surface area contributed by atoms with Crippen molar-refractivity contribution in [3.8, 4) is 6.07 Å². The standard InChI is InChI=1S/C23H23F2N7O2/c24-12-7-13(19(28)29-8-12)16(27)21-31-18(23(9-26)5-6-23)15(25)20(32-21)30-17-11-3-1-10(2-4-11)14(17)22(33)34/h7-8,10-11,14,17,27H,1-6H2,(H2,28,29)(H,33,34)(H,30,31,32)/t10?,11?,14-,17-/m0/s1. The smallest absolute Gasteiger partial charge is 0.308 e. The van der Waals surface area contributed by atoms with Crippen molar-refractivity contribution < 1.29 is 18.7 Å². The molecule has 2 bridgehead atoms. The van der Waals surface area contributed by atoms with E-state index in [0.29, 0.717) is 12.8 Å². The van der Waals surface area contributed by atoms with Gasteiger partial charge in [-0.1, -0.05) is 0 Å². The summed E-state index contributed by atoms with van der Waals surface area (Å²) >= 11 is 0. The molecular weight excluding hydrogens is 444 g/mol. The number of nitrogens with one attached hydrogen (secondary N) is 2. The van der Waals surface area contributed by atoms with Crippen molar-refractivity contribution in [1.82, 2.24) is 15.0 Å². The summed E-state index contributed by atoms with van der Waals surface area (Å²) in [6.45, 7) is 0. The van der Waals surface area contributed by atoms with Crippen LogP contribution in [0.1, 0.15) is 55.6 Å². The fourth-order valence-electron chi connectivity index (χ4n) is 5.44. The number of aliphatic carboxylic acids is 1. The number of carbonyl (C=O) groups is 1. The third-order valence-electron chi connectivity index (χ3n) is 7.45. The number of nitriles is 1. The number of aromatic nitrogens is 3. The summed E-state index contributed by atoms with van der Waals surface area (Å²) in [5.41, 5.74) is 4.09. The molecule has 2 heterocycles. The highest BCUT2D eigenvalue weighted by atomic mass is 19.1. The van der Waals surface area contributed by atoms with Crippen LogP contribution in [0.25, 0.3) is 0 Å². The number of fused-ring (bicyclic) bond motifs is 3. The first-order valence-corrected chi connectivity index (χ1v) is 11.2. The molecule has 2 atom stereocenters. The monoisotopic (exact) mass is 467 g/mol. The molecule has 2 aromatic rings. The van der Waals surface area contributed by atoms with E-state index in [1.54, 1.807) is 0 Å². The van der Waals surface area contributed by atoms with Crippen LogP contribution in [0.2, 0.25) is 0 Å². The zero-order chi connectivity index (χ0) is 24.2. The quantitative estimate of drug-likeness (QED) is 0.471. The van der Waals surface area contributed by atoms with E-state index in [-0.39, 0.29) is 46.3 Å². The van der Waals surface area contributed by atoms with Gasteiger partial charge >= 0.3 is 5.97 Å². The van der Waals surface area contributed by atoms with E-state index >= 15 is 4.39 Å². The fourth-order valence-corrected chi connectivity index (χ4v) is 5.44. The Morgan fingerprint density at radius 2 is 1.91 bits per heavy atom. The minimum atomic E-state index is -1.14. The van der Waals surface area contributed by atoms with E-state index in [9.17, 15) is 19.6 Å². The van der Waals surface area contributed by atoms with Gasteiger partial charge in [-0.15, -0.1) is 0 Å². The second kappa shape index (κ2) is 7.97. The molecule has 0 aliphatic heterocycles. The predicted molar refractivity (Wildman–Crippen MR) is 117 cm³/mol. The molecule has 0 radical (unpaired) electrons. The number of hydrogen-bond donors (Lipinski definition) is 4. The molecule has 0 saturated heterocycles. The maximum Gasteiger partial charge on any atom is 0.308 e. The van der Waals surface area contributed by atoms with Crippen molar-refractivity contribution in [2.75, 3.05) is 11.1 Å². The molecule has 4 aliphatic carbocycles. The van der Waals surface area contributed by atoms with Gasteiger partial charge in [-0.3, -0.25) is 10.2 Å². The van der Waals surface area contributed by atoms with E-state index in [4.69, 9.17) is 11.1 Å². The van der Waals surface area contributed by atoms with Crippen LogP contribution in [0, 0.1) is 46.1 Å². The summed E-state index contributed by atoms with van der Waals surface area (Å²) in [6.07, 6.45) is 5.02. The average molecular weight is 467 g/mol. The average Bonchev–Trinajstić information content (AvgIpc) is 3.63. The van der Waals surface area contributed by atoms with E-state index in [1.807, 2.05) is 0 Å². The van der Waals surface area contributed by atoms with Crippen LogP contribution in [0.5, 0.6) is 0 Å². The van der Waals surface area contributed by atoms with Gasteiger partial charge < -0.3 is 16.2 Å². The minimum absolute atomic E-state index is 0.00538. The highest BCUT2D eigenvalue weighted by molar-refractivity contribution is 6.11. The molecule has 0 aromatic carbocycles. The number of nitrogens with two attached hydrogens (primary N) is 1. The van der Waals surface area contributed by atoms with Crippen LogP contribution in [0.15, 0.2) is 12.3 Å². The molecule has 5 N–H and O–H groups in total. The molecule has 4 saturated carbocycles. The first kappa shape index (κ1) is 22.1. The van der Waals surface area contributed by atoms with Crippen LogP contribution < -0.4 is 11.1 Å². The predicted octanol–water partition coefficient (Wildman–Crippen LogP) is 3.00. The lowest BCUT2D eigenvalue weighted by Gasteiger charge is -2.47. The van der Waals surface area contributed by atoms with Crippen molar-refractivity contribution in [3.05, 3.63) is 41.0 Å². The minimum Gasteiger partial charge on any atom is -0.481 e. The normalized spacial score (nSPS) is 26.5. The lowest BCUT2D eigenvalue weighted by Crippen LogP contribution is -2.51. The number of hydrogen-bond acceptors (Lipinski definition) is 8. The molecule has 4 aliphatic rings. The van der Waals surface area contributed by atoms with Gasteiger partial charge in [-0.25, -0.2) is 23.7 Å².